The summed E-state index contributed by atoms with van der Waals surface area (Å²) in [6.45, 7) is 0.572. The number of aromatic hydroxyl groups is 1. The summed E-state index contributed by atoms with van der Waals surface area (Å²) in [7, 11) is 1.69. The van der Waals surface area contributed by atoms with Crippen molar-refractivity contribution in [2.24, 2.45) is 4.99 Å². The third kappa shape index (κ3) is 3.46. The molecule has 0 fully saturated rings. The number of fused-ring (bicyclic) bond motifs is 1. The monoisotopic (exact) mass is 297 g/mol. The van der Waals surface area contributed by atoms with Crippen molar-refractivity contribution in [3.8, 4) is 17.2 Å². The molecule has 1 aliphatic rings. The summed E-state index contributed by atoms with van der Waals surface area (Å²) in [6, 6.07) is 12.7. The van der Waals surface area contributed by atoms with Gasteiger partial charge in [0.2, 0.25) is 0 Å². The van der Waals surface area contributed by atoms with Gasteiger partial charge >= 0.3 is 0 Å². The van der Waals surface area contributed by atoms with Crippen LogP contribution in [0.1, 0.15) is 18.4 Å². The number of aryl methyl sites for hydroxylation is 1. The molecule has 0 atom stereocenters. The van der Waals surface area contributed by atoms with Crippen LogP contribution in [-0.2, 0) is 11.2 Å². The van der Waals surface area contributed by atoms with E-state index in [1.54, 1.807) is 31.4 Å². The van der Waals surface area contributed by atoms with Crippen LogP contribution in [0.25, 0.3) is 0 Å². The molecule has 0 radical (unpaired) electrons. The highest BCUT2D eigenvalue weighted by Gasteiger charge is 2.11. The van der Waals surface area contributed by atoms with E-state index in [-0.39, 0.29) is 5.75 Å². The number of phenolic OH excluding ortho intramolecular Hbond substituents is 1. The van der Waals surface area contributed by atoms with Crippen molar-refractivity contribution < 1.29 is 14.6 Å². The van der Waals surface area contributed by atoms with E-state index in [1.807, 2.05) is 12.1 Å². The van der Waals surface area contributed by atoms with Crippen LogP contribution in [0.15, 0.2) is 47.5 Å². The maximum absolute atomic E-state index is 9.31. The number of ether oxygens (including phenoxy) is 2. The fraction of sp³-hybridized carbons (Fsp3) is 0.278. The summed E-state index contributed by atoms with van der Waals surface area (Å²) in [4.78, 5) is 4.72. The first-order chi connectivity index (χ1) is 10.7. The average Bonchev–Trinajstić information content (AvgIpc) is 2.71. The Morgan fingerprint density at radius 3 is 2.59 bits per heavy atom. The van der Waals surface area contributed by atoms with Crippen LogP contribution in [-0.4, -0.2) is 24.5 Å². The lowest BCUT2D eigenvalue weighted by Gasteiger charge is -2.09. The number of benzene rings is 2. The zero-order valence-electron chi connectivity index (χ0n) is 12.6. The van der Waals surface area contributed by atoms with Gasteiger partial charge in [-0.1, -0.05) is 6.07 Å². The van der Waals surface area contributed by atoms with Gasteiger partial charge in [-0.2, -0.15) is 0 Å². The van der Waals surface area contributed by atoms with E-state index >= 15 is 0 Å². The highest BCUT2D eigenvalue weighted by molar-refractivity contribution is 5.89. The molecule has 0 aromatic heterocycles. The predicted molar refractivity (Wildman–Crippen MR) is 86.5 cm³/mol. The first-order valence-corrected chi connectivity index (χ1v) is 7.40. The lowest BCUT2D eigenvalue weighted by Crippen LogP contribution is -2.05. The van der Waals surface area contributed by atoms with Crippen LogP contribution in [0, 0.1) is 0 Å². The van der Waals surface area contributed by atoms with Crippen molar-refractivity contribution in [3.63, 3.8) is 0 Å². The molecule has 0 unspecified atom stereocenters. The number of methoxy groups -OCH3 is 1. The predicted octanol–water partition coefficient (Wildman–Crippen LogP) is 4.24. The summed E-state index contributed by atoms with van der Waals surface area (Å²) in [6.07, 6.45) is 3.08. The average molecular weight is 297 g/mol. The molecule has 2 aromatic carbocycles. The van der Waals surface area contributed by atoms with Gasteiger partial charge in [0.25, 0.3) is 0 Å². The molecule has 0 bridgehead atoms. The molecule has 0 amide bonds. The second-order valence-corrected chi connectivity index (χ2v) is 5.35. The van der Waals surface area contributed by atoms with Crippen LogP contribution in [0.2, 0.25) is 0 Å². The molecule has 4 nitrogen and oxygen atoms in total. The van der Waals surface area contributed by atoms with Crippen molar-refractivity contribution in [1.29, 1.82) is 0 Å². The fourth-order valence-electron chi connectivity index (χ4n) is 2.55. The zero-order chi connectivity index (χ0) is 15.4. The molecule has 0 saturated carbocycles. The quantitative estimate of drug-likeness (QED) is 0.918. The molecule has 0 saturated heterocycles. The van der Waals surface area contributed by atoms with Gasteiger partial charge in [-0.3, -0.25) is 4.99 Å². The van der Waals surface area contributed by atoms with Crippen molar-refractivity contribution in [2.75, 3.05) is 13.7 Å². The smallest absolute Gasteiger partial charge is 0.129 e. The number of nitrogens with zero attached hydrogens (tertiary/aromatic N) is 1. The summed E-state index contributed by atoms with van der Waals surface area (Å²) >= 11 is 0. The van der Waals surface area contributed by atoms with E-state index in [2.05, 4.69) is 6.07 Å². The normalized spacial score (nSPS) is 14.0. The van der Waals surface area contributed by atoms with Crippen LogP contribution in [0.4, 0.5) is 5.69 Å². The molecular formula is C18H19NO3. The van der Waals surface area contributed by atoms with E-state index < -0.39 is 0 Å². The van der Waals surface area contributed by atoms with Gasteiger partial charge in [0.1, 0.15) is 17.2 Å². The lowest BCUT2D eigenvalue weighted by atomic mass is 10.1. The SMILES string of the molecule is COCC1=Nc2cc(Oc3ccc(O)cc3)ccc2CCC1. The topological polar surface area (TPSA) is 51.0 Å². The maximum atomic E-state index is 9.31. The van der Waals surface area contributed by atoms with E-state index in [4.69, 9.17) is 14.5 Å². The molecule has 1 heterocycles. The first-order valence-electron chi connectivity index (χ1n) is 7.40. The molecule has 4 heteroatoms. The number of rotatable bonds is 4. The van der Waals surface area contributed by atoms with Gasteiger partial charge in [-0.05, 0) is 55.2 Å². The van der Waals surface area contributed by atoms with E-state index in [0.29, 0.717) is 12.4 Å². The molecular weight excluding hydrogens is 278 g/mol. The minimum Gasteiger partial charge on any atom is -0.508 e. The largest absolute Gasteiger partial charge is 0.508 e. The van der Waals surface area contributed by atoms with Gasteiger partial charge in [-0.25, -0.2) is 0 Å². The van der Waals surface area contributed by atoms with Crippen LogP contribution >= 0.6 is 0 Å². The van der Waals surface area contributed by atoms with Gasteiger partial charge in [0.05, 0.1) is 12.3 Å². The molecule has 22 heavy (non-hydrogen) atoms. The Bertz CT molecular complexity index is 677. The number of hydrogen-bond donors (Lipinski definition) is 1. The third-order valence-corrected chi connectivity index (χ3v) is 3.63. The molecule has 114 valence electrons. The molecule has 1 N–H and O–H groups in total. The Hall–Kier alpha value is -2.33. The second-order valence-electron chi connectivity index (χ2n) is 5.35. The van der Waals surface area contributed by atoms with Gasteiger partial charge in [0.15, 0.2) is 0 Å². The van der Waals surface area contributed by atoms with Gasteiger partial charge in [0, 0.05) is 18.9 Å². The minimum absolute atomic E-state index is 0.225. The van der Waals surface area contributed by atoms with E-state index in [1.165, 1.54) is 5.56 Å². The van der Waals surface area contributed by atoms with Crippen LogP contribution < -0.4 is 4.74 Å². The Morgan fingerprint density at radius 2 is 1.82 bits per heavy atom. The number of hydrogen-bond acceptors (Lipinski definition) is 4. The standard InChI is InChI=1S/C18H19NO3/c1-21-12-14-4-2-3-13-5-8-17(11-18(13)19-14)22-16-9-6-15(20)7-10-16/h5-11,20H,2-4,12H2,1H3. The van der Waals surface area contributed by atoms with Crippen molar-refractivity contribution in [3.05, 3.63) is 48.0 Å². The minimum atomic E-state index is 0.225. The van der Waals surface area contributed by atoms with E-state index in [9.17, 15) is 5.11 Å². The summed E-state index contributed by atoms with van der Waals surface area (Å²) < 4.78 is 11.0. The van der Waals surface area contributed by atoms with Gasteiger partial charge in [-0.15, -0.1) is 0 Å². The molecule has 0 aliphatic carbocycles. The number of phenols is 1. The maximum Gasteiger partial charge on any atom is 0.129 e. The summed E-state index contributed by atoms with van der Waals surface area (Å²) in [5.41, 5.74) is 3.27. The second kappa shape index (κ2) is 6.62. The van der Waals surface area contributed by atoms with E-state index in [0.717, 1.165) is 36.4 Å². The highest BCUT2D eigenvalue weighted by atomic mass is 16.5. The van der Waals surface area contributed by atoms with Crippen LogP contribution in [0.5, 0.6) is 17.2 Å². The summed E-state index contributed by atoms with van der Waals surface area (Å²) in [5, 5.41) is 9.31. The summed E-state index contributed by atoms with van der Waals surface area (Å²) in [5.74, 6) is 1.66. The fourth-order valence-corrected chi connectivity index (χ4v) is 2.55. The first kappa shape index (κ1) is 14.6. The van der Waals surface area contributed by atoms with Crippen molar-refractivity contribution in [2.45, 2.75) is 19.3 Å². The molecule has 2 aromatic rings. The van der Waals surface area contributed by atoms with Crippen LogP contribution in [0.3, 0.4) is 0 Å². The Kier molecular flexibility index (Phi) is 4.39. The molecule has 1 aliphatic heterocycles. The highest BCUT2D eigenvalue weighted by Crippen LogP contribution is 2.32. The van der Waals surface area contributed by atoms with Gasteiger partial charge < -0.3 is 14.6 Å². The van der Waals surface area contributed by atoms with Crippen molar-refractivity contribution >= 4 is 11.4 Å². The zero-order valence-corrected chi connectivity index (χ0v) is 12.6. The Labute approximate surface area is 130 Å². The van der Waals surface area contributed by atoms with Crippen molar-refractivity contribution in [1.82, 2.24) is 0 Å². The number of aliphatic imine (C=N–C) groups is 1. The Morgan fingerprint density at radius 1 is 1.05 bits per heavy atom. The lowest BCUT2D eigenvalue weighted by molar-refractivity contribution is 0.243. The molecule has 3 rings (SSSR count). The third-order valence-electron chi connectivity index (χ3n) is 3.63. The molecule has 0 spiro atoms. The Balaban J connectivity index is 1.85.